The lowest BCUT2D eigenvalue weighted by Gasteiger charge is -2.13. The van der Waals surface area contributed by atoms with Crippen molar-refractivity contribution in [2.45, 2.75) is 26.8 Å². The van der Waals surface area contributed by atoms with E-state index in [1.54, 1.807) is 0 Å². The molecular formula is C16H19BrN2O. The molecule has 0 atom stereocenters. The standard InChI is InChI=1S/C16H19BrN2O/c1-3-8-20-16-7-5-14(17)9-13(16)10-19-15-6-4-12(2)18-11-15/h4-7,9,11,19H,3,8,10H2,1-2H3. The van der Waals surface area contributed by atoms with Crippen LogP contribution in [0.2, 0.25) is 0 Å². The molecule has 1 aromatic heterocycles. The monoisotopic (exact) mass is 334 g/mol. The normalized spacial score (nSPS) is 10.3. The van der Waals surface area contributed by atoms with Crippen LogP contribution in [0.25, 0.3) is 0 Å². The largest absolute Gasteiger partial charge is 0.493 e. The Labute approximate surface area is 128 Å². The Morgan fingerprint density at radius 2 is 2.10 bits per heavy atom. The van der Waals surface area contributed by atoms with Crippen LogP contribution in [0.3, 0.4) is 0 Å². The summed E-state index contributed by atoms with van der Waals surface area (Å²) in [6.07, 6.45) is 2.85. The number of aryl methyl sites for hydroxylation is 1. The maximum Gasteiger partial charge on any atom is 0.124 e. The third kappa shape index (κ3) is 4.23. The third-order valence-electron chi connectivity index (χ3n) is 2.88. The fraction of sp³-hybridized carbons (Fsp3) is 0.312. The fourth-order valence-corrected chi connectivity index (χ4v) is 2.22. The number of hydrogen-bond acceptors (Lipinski definition) is 3. The number of aromatic nitrogens is 1. The molecule has 0 radical (unpaired) electrons. The SMILES string of the molecule is CCCOc1ccc(Br)cc1CNc1ccc(C)nc1. The van der Waals surface area contributed by atoms with E-state index >= 15 is 0 Å². The second-order valence-electron chi connectivity index (χ2n) is 4.64. The second-order valence-corrected chi connectivity index (χ2v) is 5.56. The number of halogens is 1. The van der Waals surface area contributed by atoms with E-state index in [1.807, 2.05) is 37.4 Å². The lowest BCUT2D eigenvalue weighted by atomic mass is 10.2. The smallest absolute Gasteiger partial charge is 0.124 e. The average Bonchev–Trinajstić information content (AvgIpc) is 2.46. The van der Waals surface area contributed by atoms with Gasteiger partial charge in [0.15, 0.2) is 0 Å². The molecule has 2 rings (SSSR count). The van der Waals surface area contributed by atoms with Gasteiger partial charge < -0.3 is 10.1 Å². The fourth-order valence-electron chi connectivity index (χ4n) is 1.81. The van der Waals surface area contributed by atoms with Gasteiger partial charge in [0.25, 0.3) is 0 Å². The van der Waals surface area contributed by atoms with Crippen molar-refractivity contribution < 1.29 is 4.74 Å². The van der Waals surface area contributed by atoms with Gasteiger partial charge in [0.05, 0.1) is 18.5 Å². The van der Waals surface area contributed by atoms with Crippen LogP contribution in [0, 0.1) is 6.92 Å². The Bertz CT molecular complexity index is 555. The molecule has 106 valence electrons. The molecular weight excluding hydrogens is 316 g/mol. The minimum atomic E-state index is 0.712. The summed E-state index contributed by atoms with van der Waals surface area (Å²) >= 11 is 3.50. The molecule has 1 aromatic carbocycles. The number of benzene rings is 1. The first-order chi connectivity index (χ1) is 9.69. The van der Waals surface area contributed by atoms with E-state index < -0.39 is 0 Å². The first-order valence-electron chi connectivity index (χ1n) is 6.77. The molecule has 1 N–H and O–H groups in total. The number of pyridine rings is 1. The number of nitrogens with zero attached hydrogens (tertiary/aromatic N) is 1. The van der Waals surface area contributed by atoms with Crippen LogP contribution >= 0.6 is 15.9 Å². The van der Waals surface area contributed by atoms with Crippen molar-refractivity contribution in [3.8, 4) is 5.75 Å². The average molecular weight is 335 g/mol. The highest BCUT2D eigenvalue weighted by Gasteiger charge is 2.05. The summed E-state index contributed by atoms with van der Waals surface area (Å²) in [5, 5.41) is 3.37. The lowest BCUT2D eigenvalue weighted by molar-refractivity contribution is 0.314. The molecule has 0 amide bonds. The van der Waals surface area contributed by atoms with Crippen molar-refractivity contribution in [1.82, 2.24) is 4.98 Å². The lowest BCUT2D eigenvalue weighted by Crippen LogP contribution is -2.04. The summed E-state index contributed by atoms with van der Waals surface area (Å²) in [5.74, 6) is 0.933. The molecule has 0 fully saturated rings. The van der Waals surface area contributed by atoms with Crippen LogP contribution in [0.15, 0.2) is 41.0 Å². The summed E-state index contributed by atoms with van der Waals surface area (Å²) in [6, 6.07) is 10.1. The summed E-state index contributed by atoms with van der Waals surface area (Å²) < 4.78 is 6.83. The van der Waals surface area contributed by atoms with Gasteiger partial charge in [-0.3, -0.25) is 4.98 Å². The van der Waals surface area contributed by atoms with E-state index in [-0.39, 0.29) is 0 Å². The van der Waals surface area contributed by atoms with E-state index in [9.17, 15) is 0 Å². The van der Waals surface area contributed by atoms with Gasteiger partial charge >= 0.3 is 0 Å². The molecule has 0 saturated heterocycles. The molecule has 0 aliphatic carbocycles. The number of anilines is 1. The quantitative estimate of drug-likeness (QED) is 0.841. The zero-order chi connectivity index (χ0) is 14.4. The van der Waals surface area contributed by atoms with Gasteiger partial charge in [-0.25, -0.2) is 0 Å². The molecule has 3 nitrogen and oxygen atoms in total. The summed E-state index contributed by atoms with van der Waals surface area (Å²) in [5.41, 5.74) is 3.16. The highest BCUT2D eigenvalue weighted by atomic mass is 79.9. The topological polar surface area (TPSA) is 34.1 Å². The van der Waals surface area contributed by atoms with Gasteiger partial charge in [0, 0.05) is 22.3 Å². The van der Waals surface area contributed by atoms with Gasteiger partial charge in [0.1, 0.15) is 5.75 Å². The van der Waals surface area contributed by atoms with Crippen molar-refractivity contribution in [2.24, 2.45) is 0 Å². The number of rotatable bonds is 6. The predicted octanol–water partition coefficient (Wildman–Crippen LogP) is 4.55. The maximum absolute atomic E-state index is 5.77. The van der Waals surface area contributed by atoms with Crippen LogP contribution in [0.5, 0.6) is 5.75 Å². The zero-order valence-corrected chi connectivity index (χ0v) is 13.4. The Morgan fingerprint density at radius 1 is 1.25 bits per heavy atom. The van der Waals surface area contributed by atoms with Crippen molar-refractivity contribution in [3.63, 3.8) is 0 Å². The highest BCUT2D eigenvalue weighted by Crippen LogP contribution is 2.24. The van der Waals surface area contributed by atoms with Gasteiger partial charge in [-0.2, -0.15) is 0 Å². The summed E-state index contributed by atoms with van der Waals surface area (Å²) in [6.45, 7) is 5.54. The molecule has 0 bridgehead atoms. The molecule has 2 aromatic rings. The molecule has 0 spiro atoms. The van der Waals surface area contributed by atoms with Crippen molar-refractivity contribution >= 4 is 21.6 Å². The number of nitrogens with one attached hydrogen (secondary N) is 1. The summed E-state index contributed by atoms with van der Waals surface area (Å²) in [4.78, 5) is 4.28. The first-order valence-corrected chi connectivity index (χ1v) is 7.56. The van der Waals surface area contributed by atoms with Gasteiger partial charge in [0.2, 0.25) is 0 Å². The molecule has 0 saturated carbocycles. The highest BCUT2D eigenvalue weighted by molar-refractivity contribution is 9.10. The van der Waals surface area contributed by atoms with E-state index in [1.165, 1.54) is 0 Å². The molecule has 0 unspecified atom stereocenters. The maximum atomic E-state index is 5.77. The van der Waals surface area contributed by atoms with E-state index in [0.29, 0.717) is 6.54 Å². The minimum absolute atomic E-state index is 0.712. The van der Waals surface area contributed by atoms with Crippen molar-refractivity contribution in [3.05, 3.63) is 52.3 Å². The van der Waals surface area contributed by atoms with E-state index in [0.717, 1.165) is 40.2 Å². The predicted molar refractivity (Wildman–Crippen MR) is 86.2 cm³/mol. The number of hydrogen-bond donors (Lipinski definition) is 1. The molecule has 20 heavy (non-hydrogen) atoms. The third-order valence-corrected chi connectivity index (χ3v) is 3.37. The number of ether oxygens (including phenoxy) is 1. The molecule has 0 aliphatic heterocycles. The van der Waals surface area contributed by atoms with Crippen LogP contribution in [-0.4, -0.2) is 11.6 Å². The van der Waals surface area contributed by atoms with E-state index in [2.05, 4.69) is 39.2 Å². The van der Waals surface area contributed by atoms with Crippen LogP contribution in [0.1, 0.15) is 24.6 Å². The first kappa shape index (κ1) is 14.9. The second kappa shape index (κ2) is 7.29. The van der Waals surface area contributed by atoms with Crippen LogP contribution < -0.4 is 10.1 Å². The van der Waals surface area contributed by atoms with Crippen molar-refractivity contribution in [1.29, 1.82) is 0 Å². The Kier molecular flexibility index (Phi) is 5.41. The van der Waals surface area contributed by atoms with Crippen LogP contribution in [0.4, 0.5) is 5.69 Å². The van der Waals surface area contributed by atoms with Crippen molar-refractivity contribution in [2.75, 3.05) is 11.9 Å². The molecule has 0 aliphatic rings. The summed E-state index contributed by atoms with van der Waals surface area (Å²) in [7, 11) is 0. The van der Waals surface area contributed by atoms with Gasteiger partial charge in [-0.1, -0.05) is 22.9 Å². The Hall–Kier alpha value is -1.55. The zero-order valence-electron chi connectivity index (χ0n) is 11.8. The molecule has 1 heterocycles. The Morgan fingerprint density at radius 3 is 2.80 bits per heavy atom. The molecule has 4 heteroatoms. The van der Waals surface area contributed by atoms with E-state index in [4.69, 9.17) is 4.74 Å². The minimum Gasteiger partial charge on any atom is -0.493 e. The Balaban J connectivity index is 2.07. The van der Waals surface area contributed by atoms with Crippen LogP contribution in [-0.2, 0) is 6.54 Å². The van der Waals surface area contributed by atoms with Gasteiger partial charge in [-0.05, 0) is 43.7 Å². The van der Waals surface area contributed by atoms with Gasteiger partial charge in [-0.15, -0.1) is 0 Å².